The molecule has 26 heavy (non-hydrogen) atoms. The molecule has 0 radical (unpaired) electrons. The summed E-state index contributed by atoms with van der Waals surface area (Å²) in [5, 5.41) is 0.838. The summed E-state index contributed by atoms with van der Waals surface area (Å²) in [6, 6.07) is 1.87. The lowest BCUT2D eigenvalue weighted by atomic mass is 10.2. The fourth-order valence-electron chi connectivity index (χ4n) is 2.23. The fraction of sp³-hybridized carbons (Fsp3) is 0.556. The van der Waals surface area contributed by atoms with Crippen molar-refractivity contribution in [2.24, 2.45) is 7.05 Å². The van der Waals surface area contributed by atoms with E-state index in [0.29, 0.717) is 11.3 Å². The Bertz CT molecular complexity index is 815. The number of carbonyl (C=O) groups excluding carboxylic acids is 2. The highest BCUT2D eigenvalue weighted by Gasteiger charge is 2.35. The number of nitrogens with zero attached hydrogens (tertiary/aromatic N) is 4. The Hall–Kier alpha value is -2.64. The van der Waals surface area contributed by atoms with Gasteiger partial charge in [0.25, 0.3) is 0 Å². The van der Waals surface area contributed by atoms with Crippen LogP contribution in [-0.4, -0.2) is 37.9 Å². The smallest absolute Gasteiger partial charge is 0.427 e. The maximum absolute atomic E-state index is 12.7. The van der Waals surface area contributed by atoms with E-state index in [1.54, 1.807) is 53.0 Å². The van der Waals surface area contributed by atoms with E-state index >= 15 is 0 Å². The third-order valence-corrected chi connectivity index (χ3v) is 3.26. The van der Waals surface area contributed by atoms with Crippen molar-refractivity contribution in [3.63, 3.8) is 0 Å². The molecular weight excluding hydrogens is 336 g/mol. The van der Waals surface area contributed by atoms with Gasteiger partial charge in [-0.05, 0) is 54.5 Å². The predicted molar refractivity (Wildman–Crippen MR) is 98.2 cm³/mol. The quantitative estimate of drug-likeness (QED) is 0.763. The number of carbonyl (C=O) groups is 2. The summed E-state index contributed by atoms with van der Waals surface area (Å²) in [5.74, 6) is -0.0831. The Labute approximate surface area is 153 Å². The zero-order valence-electron chi connectivity index (χ0n) is 16.6. The third-order valence-electron chi connectivity index (χ3n) is 3.26. The summed E-state index contributed by atoms with van der Waals surface area (Å²) in [5.41, 5.74) is -0.338. The molecule has 0 saturated heterocycles. The summed E-state index contributed by atoms with van der Waals surface area (Å²) in [7, 11) is 1.82. The highest BCUT2D eigenvalue weighted by atomic mass is 16.6. The Kier molecular flexibility index (Phi) is 4.98. The molecule has 2 rings (SSSR count). The van der Waals surface area contributed by atoms with Crippen LogP contribution in [0.15, 0.2) is 12.3 Å². The second-order valence-electron chi connectivity index (χ2n) is 8.07. The molecule has 0 aromatic carbocycles. The molecule has 2 aromatic heterocycles. The van der Waals surface area contributed by atoms with Gasteiger partial charge in [0.15, 0.2) is 0 Å². The zero-order valence-corrected chi connectivity index (χ0v) is 16.6. The number of aromatic nitrogens is 3. The Morgan fingerprint density at radius 1 is 1.00 bits per heavy atom. The number of rotatable bonds is 1. The van der Waals surface area contributed by atoms with E-state index in [0.717, 1.165) is 10.3 Å². The van der Waals surface area contributed by atoms with Gasteiger partial charge in [0.1, 0.15) is 16.8 Å². The van der Waals surface area contributed by atoms with Crippen LogP contribution in [0.3, 0.4) is 0 Å². The summed E-state index contributed by atoms with van der Waals surface area (Å²) in [4.78, 5) is 34.8. The molecule has 142 valence electrons. The average Bonchev–Trinajstić information content (AvgIpc) is 2.77. The Morgan fingerprint density at radius 2 is 1.50 bits per heavy atom. The molecule has 0 spiro atoms. The van der Waals surface area contributed by atoms with Gasteiger partial charge in [-0.1, -0.05) is 0 Å². The SMILES string of the molecule is Cc1nc(N(C(=O)OC(C)(C)C)C(=O)OC(C)(C)C)nc2c1ccn2C. The summed E-state index contributed by atoms with van der Waals surface area (Å²) < 4.78 is 12.5. The first kappa shape index (κ1) is 19.7. The molecule has 0 aliphatic heterocycles. The minimum Gasteiger partial charge on any atom is -0.443 e. The van der Waals surface area contributed by atoms with Crippen LogP contribution in [0.2, 0.25) is 0 Å². The van der Waals surface area contributed by atoms with Crippen LogP contribution in [-0.2, 0) is 16.5 Å². The van der Waals surface area contributed by atoms with Crippen LogP contribution in [0.4, 0.5) is 15.5 Å². The van der Waals surface area contributed by atoms with Crippen molar-refractivity contribution in [2.45, 2.75) is 59.7 Å². The summed E-state index contributed by atoms with van der Waals surface area (Å²) >= 11 is 0. The Morgan fingerprint density at radius 3 is 1.96 bits per heavy atom. The molecule has 0 aliphatic carbocycles. The van der Waals surface area contributed by atoms with Gasteiger partial charge in [0.2, 0.25) is 5.95 Å². The molecule has 0 saturated carbocycles. The first-order valence-electron chi connectivity index (χ1n) is 8.34. The van der Waals surface area contributed by atoms with E-state index in [2.05, 4.69) is 9.97 Å². The van der Waals surface area contributed by atoms with Crippen LogP contribution in [0.1, 0.15) is 47.2 Å². The number of anilines is 1. The minimum atomic E-state index is -0.889. The third kappa shape index (κ3) is 4.50. The molecule has 8 nitrogen and oxygen atoms in total. The van der Waals surface area contributed by atoms with E-state index in [1.165, 1.54) is 0 Å². The van der Waals surface area contributed by atoms with Crippen LogP contribution in [0.25, 0.3) is 11.0 Å². The monoisotopic (exact) mass is 362 g/mol. The molecule has 0 bridgehead atoms. The molecule has 2 aromatic rings. The van der Waals surface area contributed by atoms with E-state index in [-0.39, 0.29) is 5.95 Å². The Balaban J connectivity index is 2.54. The molecule has 0 unspecified atom stereocenters. The largest absolute Gasteiger partial charge is 0.443 e. The maximum Gasteiger partial charge on any atom is 0.427 e. The molecule has 0 N–H and O–H groups in total. The van der Waals surface area contributed by atoms with Crippen LogP contribution < -0.4 is 4.90 Å². The van der Waals surface area contributed by atoms with E-state index in [4.69, 9.17) is 9.47 Å². The fourth-order valence-corrected chi connectivity index (χ4v) is 2.23. The highest BCUT2D eigenvalue weighted by molar-refractivity contribution is 6.08. The van der Waals surface area contributed by atoms with Crippen molar-refractivity contribution >= 4 is 29.2 Å². The van der Waals surface area contributed by atoms with Crippen LogP contribution in [0, 0.1) is 6.92 Å². The lowest BCUT2D eigenvalue weighted by Gasteiger charge is -2.27. The van der Waals surface area contributed by atoms with E-state index < -0.39 is 23.4 Å². The van der Waals surface area contributed by atoms with Gasteiger partial charge in [-0.25, -0.2) is 14.6 Å². The number of ether oxygens (including phenoxy) is 2. The zero-order chi connectivity index (χ0) is 19.9. The maximum atomic E-state index is 12.7. The first-order chi connectivity index (χ1) is 11.8. The van der Waals surface area contributed by atoms with Crippen LogP contribution >= 0.6 is 0 Å². The number of hydrogen-bond donors (Lipinski definition) is 0. The van der Waals surface area contributed by atoms with Crippen LogP contribution in [0.5, 0.6) is 0 Å². The standard InChI is InChI=1S/C18H26N4O4/c1-11-12-9-10-21(8)13(12)20-14(19-11)22(15(23)25-17(2,3)4)16(24)26-18(5,6)7/h9-10H,1-8H3. The topological polar surface area (TPSA) is 86.6 Å². The van der Waals surface area contributed by atoms with E-state index in [1.807, 2.05) is 19.3 Å². The summed E-state index contributed by atoms with van der Waals surface area (Å²) in [6.07, 6.45) is 0.0564. The number of amides is 2. The van der Waals surface area contributed by atoms with Gasteiger partial charge < -0.3 is 14.0 Å². The minimum absolute atomic E-state index is 0.0831. The first-order valence-corrected chi connectivity index (χ1v) is 8.34. The molecule has 0 atom stereocenters. The average molecular weight is 362 g/mol. The van der Waals surface area contributed by atoms with Crippen molar-refractivity contribution in [3.8, 4) is 0 Å². The van der Waals surface area contributed by atoms with Gasteiger partial charge in [0, 0.05) is 18.6 Å². The van der Waals surface area contributed by atoms with Gasteiger partial charge in [-0.15, -0.1) is 4.90 Å². The number of hydrogen-bond acceptors (Lipinski definition) is 6. The second-order valence-corrected chi connectivity index (χ2v) is 8.07. The van der Waals surface area contributed by atoms with E-state index in [9.17, 15) is 9.59 Å². The molecule has 2 heterocycles. The van der Waals surface area contributed by atoms with Crippen molar-refractivity contribution in [1.29, 1.82) is 0 Å². The van der Waals surface area contributed by atoms with Crippen molar-refractivity contribution in [3.05, 3.63) is 18.0 Å². The van der Waals surface area contributed by atoms with Gasteiger partial charge in [-0.2, -0.15) is 4.98 Å². The van der Waals surface area contributed by atoms with Gasteiger partial charge in [-0.3, -0.25) is 0 Å². The molecule has 0 fully saturated rings. The van der Waals surface area contributed by atoms with Gasteiger partial charge >= 0.3 is 12.2 Å². The highest BCUT2D eigenvalue weighted by Crippen LogP contribution is 2.23. The number of imide groups is 1. The molecule has 0 aliphatic rings. The molecule has 2 amide bonds. The van der Waals surface area contributed by atoms with Crippen molar-refractivity contribution in [1.82, 2.24) is 14.5 Å². The normalized spacial score (nSPS) is 12.2. The van der Waals surface area contributed by atoms with Crippen molar-refractivity contribution in [2.75, 3.05) is 4.90 Å². The number of aryl methyl sites for hydroxylation is 2. The number of fused-ring (bicyclic) bond motifs is 1. The lowest BCUT2D eigenvalue weighted by Crippen LogP contribution is -2.44. The molecule has 8 heteroatoms. The lowest BCUT2D eigenvalue weighted by molar-refractivity contribution is 0.0427. The summed E-state index contributed by atoms with van der Waals surface area (Å²) in [6.45, 7) is 12.1. The second kappa shape index (κ2) is 6.59. The van der Waals surface area contributed by atoms with Crippen molar-refractivity contribution < 1.29 is 19.1 Å². The van der Waals surface area contributed by atoms with Gasteiger partial charge in [0.05, 0.1) is 5.69 Å². The predicted octanol–water partition coefficient (Wildman–Crippen LogP) is 3.95. The molecular formula is C18H26N4O4.